The van der Waals surface area contributed by atoms with Gasteiger partial charge in [-0.05, 0) is 42.5 Å². The molecule has 26 heavy (non-hydrogen) atoms. The van der Waals surface area contributed by atoms with Crippen LogP contribution in [0, 0.1) is 5.82 Å². The highest BCUT2D eigenvalue weighted by atomic mass is 19.1. The van der Waals surface area contributed by atoms with Gasteiger partial charge in [-0.15, -0.1) is 0 Å². The number of fused-ring (bicyclic) bond motifs is 1. The minimum atomic E-state index is -0.494. The van der Waals surface area contributed by atoms with E-state index in [-0.39, 0.29) is 17.2 Å². The molecule has 4 rings (SSSR count). The number of anilines is 1. The molecule has 5 nitrogen and oxygen atoms in total. The number of nitrogens with zero attached hydrogens (tertiary/aromatic N) is 1. The van der Waals surface area contributed by atoms with Crippen LogP contribution in [0.2, 0.25) is 0 Å². The SMILES string of the molecule is O=C(Nc1ccc(-c2nc3ccccc3o2)c(O)c1)c1cccc(F)c1. The number of halogens is 1. The first kappa shape index (κ1) is 15.8. The van der Waals surface area contributed by atoms with Crippen molar-refractivity contribution in [2.24, 2.45) is 0 Å². The molecule has 6 heteroatoms. The van der Waals surface area contributed by atoms with Crippen LogP contribution in [0.25, 0.3) is 22.6 Å². The Kier molecular flexibility index (Phi) is 3.85. The molecule has 0 unspecified atom stereocenters. The number of phenols is 1. The van der Waals surface area contributed by atoms with Crippen LogP contribution in [0.5, 0.6) is 5.75 Å². The van der Waals surface area contributed by atoms with Gasteiger partial charge in [0, 0.05) is 17.3 Å². The standard InChI is InChI=1S/C20H13FN2O3/c21-13-5-3-4-12(10-13)19(25)22-14-8-9-15(17(24)11-14)20-23-16-6-1-2-7-18(16)26-20/h1-11,24H,(H,22,25). The van der Waals surface area contributed by atoms with Crippen LogP contribution < -0.4 is 5.32 Å². The number of aromatic nitrogens is 1. The highest BCUT2D eigenvalue weighted by Crippen LogP contribution is 2.33. The van der Waals surface area contributed by atoms with Crippen molar-refractivity contribution in [3.8, 4) is 17.2 Å². The van der Waals surface area contributed by atoms with E-state index in [1.54, 1.807) is 18.2 Å². The molecule has 3 aromatic carbocycles. The number of nitrogens with one attached hydrogen (secondary N) is 1. The van der Waals surface area contributed by atoms with Gasteiger partial charge >= 0.3 is 0 Å². The zero-order chi connectivity index (χ0) is 18.1. The molecule has 0 atom stereocenters. The number of phenolic OH excluding ortho intramolecular Hbond substituents is 1. The summed E-state index contributed by atoms with van der Waals surface area (Å²) >= 11 is 0. The molecule has 0 saturated carbocycles. The van der Waals surface area contributed by atoms with Gasteiger partial charge in [-0.2, -0.15) is 0 Å². The molecule has 0 radical (unpaired) electrons. The molecule has 4 aromatic rings. The predicted molar refractivity (Wildman–Crippen MR) is 95.5 cm³/mol. The molecule has 1 aromatic heterocycles. The summed E-state index contributed by atoms with van der Waals surface area (Å²) in [5.41, 5.74) is 2.27. The molecule has 128 valence electrons. The Bertz CT molecular complexity index is 1090. The van der Waals surface area contributed by atoms with Gasteiger partial charge in [0.2, 0.25) is 5.89 Å². The lowest BCUT2D eigenvalue weighted by Crippen LogP contribution is -2.11. The van der Waals surface area contributed by atoms with E-state index in [0.717, 1.165) is 6.07 Å². The quantitative estimate of drug-likeness (QED) is 0.568. The number of amides is 1. The van der Waals surface area contributed by atoms with E-state index in [2.05, 4.69) is 10.3 Å². The van der Waals surface area contributed by atoms with Gasteiger partial charge in [0.25, 0.3) is 5.91 Å². The maximum absolute atomic E-state index is 13.2. The predicted octanol–water partition coefficient (Wildman–Crippen LogP) is 4.59. The van der Waals surface area contributed by atoms with Crippen LogP contribution in [-0.2, 0) is 0 Å². The summed E-state index contributed by atoms with van der Waals surface area (Å²) in [4.78, 5) is 16.5. The lowest BCUT2D eigenvalue weighted by Gasteiger charge is -2.07. The third-order valence-corrected chi connectivity index (χ3v) is 3.87. The topological polar surface area (TPSA) is 75.4 Å². The summed E-state index contributed by atoms with van der Waals surface area (Å²) < 4.78 is 18.9. The van der Waals surface area contributed by atoms with Gasteiger partial charge in [-0.3, -0.25) is 4.79 Å². The highest BCUT2D eigenvalue weighted by molar-refractivity contribution is 6.04. The van der Waals surface area contributed by atoms with Gasteiger partial charge in [0.15, 0.2) is 5.58 Å². The summed E-state index contributed by atoms with van der Waals surface area (Å²) in [6.07, 6.45) is 0. The van der Waals surface area contributed by atoms with E-state index in [0.29, 0.717) is 22.4 Å². The summed E-state index contributed by atoms with van der Waals surface area (Å²) in [6, 6.07) is 17.2. The number of hydrogen-bond donors (Lipinski definition) is 2. The third kappa shape index (κ3) is 3.00. The average molecular weight is 348 g/mol. The van der Waals surface area contributed by atoms with Crippen molar-refractivity contribution < 1.29 is 18.7 Å². The van der Waals surface area contributed by atoms with E-state index in [4.69, 9.17) is 4.42 Å². The maximum atomic E-state index is 13.2. The summed E-state index contributed by atoms with van der Waals surface area (Å²) in [7, 11) is 0. The first-order valence-electron chi connectivity index (χ1n) is 7.86. The number of carbonyl (C=O) groups excluding carboxylic acids is 1. The summed E-state index contributed by atoms with van der Waals surface area (Å²) in [5, 5.41) is 12.9. The fraction of sp³-hybridized carbons (Fsp3) is 0. The van der Waals surface area contributed by atoms with Crippen molar-refractivity contribution >= 4 is 22.7 Å². The Balaban J connectivity index is 1.60. The Morgan fingerprint density at radius 2 is 1.88 bits per heavy atom. The summed E-state index contributed by atoms with van der Waals surface area (Å²) in [5.74, 6) is -0.773. The molecule has 0 spiro atoms. The Morgan fingerprint density at radius 3 is 2.65 bits per heavy atom. The van der Waals surface area contributed by atoms with Crippen molar-refractivity contribution in [2.45, 2.75) is 0 Å². The van der Waals surface area contributed by atoms with Gasteiger partial charge in [0.1, 0.15) is 17.1 Å². The molecule has 0 fully saturated rings. The largest absolute Gasteiger partial charge is 0.507 e. The minimum absolute atomic E-state index is 0.0893. The number of para-hydroxylation sites is 2. The zero-order valence-corrected chi connectivity index (χ0v) is 13.4. The van der Waals surface area contributed by atoms with Gasteiger partial charge in [0.05, 0.1) is 5.56 Å². The fourth-order valence-electron chi connectivity index (χ4n) is 2.61. The molecule has 0 aliphatic carbocycles. The highest BCUT2D eigenvalue weighted by Gasteiger charge is 2.14. The van der Waals surface area contributed by atoms with Crippen molar-refractivity contribution in [2.75, 3.05) is 5.32 Å². The second kappa shape index (κ2) is 6.33. The number of benzene rings is 3. The maximum Gasteiger partial charge on any atom is 0.255 e. The fourth-order valence-corrected chi connectivity index (χ4v) is 2.61. The van der Waals surface area contributed by atoms with E-state index < -0.39 is 11.7 Å². The molecule has 0 aliphatic heterocycles. The van der Waals surface area contributed by atoms with Crippen LogP contribution in [-0.4, -0.2) is 16.0 Å². The van der Waals surface area contributed by atoms with Gasteiger partial charge in [-0.1, -0.05) is 18.2 Å². The Hall–Kier alpha value is -3.67. The normalized spacial score (nSPS) is 10.8. The van der Waals surface area contributed by atoms with Crippen molar-refractivity contribution in [1.29, 1.82) is 0 Å². The van der Waals surface area contributed by atoms with E-state index in [1.807, 2.05) is 18.2 Å². The molecular formula is C20H13FN2O3. The molecule has 1 amide bonds. The second-order valence-corrected chi connectivity index (χ2v) is 5.68. The van der Waals surface area contributed by atoms with Crippen molar-refractivity contribution in [3.63, 3.8) is 0 Å². The monoisotopic (exact) mass is 348 g/mol. The first-order chi connectivity index (χ1) is 12.6. The number of carbonyl (C=O) groups is 1. The van der Waals surface area contributed by atoms with E-state index >= 15 is 0 Å². The lowest BCUT2D eigenvalue weighted by atomic mass is 10.1. The van der Waals surface area contributed by atoms with Crippen LogP contribution in [0.15, 0.2) is 71.1 Å². The molecule has 0 bridgehead atoms. The summed E-state index contributed by atoms with van der Waals surface area (Å²) in [6.45, 7) is 0. The van der Waals surface area contributed by atoms with Crippen LogP contribution in [0.1, 0.15) is 10.4 Å². The van der Waals surface area contributed by atoms with Crippen molar-refractivity contribution in [1.82, 2.24) is 4.98 Å². The minimum Gasteiger partial charge on any atom is -0.507 e. The van der Waals surface area contributed by atoms with Gasteiger partial charge < -0.3 is 14.8 Å². The molecule has 1 heterocycles. The van der Waals surface area contributed by atoms with Crippen LogP contribution >= 0.6 is 0 Å². The molecule has 0 saturated heterocycles. The third-order valence-electron chi connectivity index (χ3n) is 3.87. The number of aromatic hydroxyl groups is 1. The molecule has 2 N–H and O–H groups in total. The smallest absolute Gasteiger partial charge is 0.255 e. The molecular weight excluding hydrogens is 335 g/mol. The molecule has 0 aliphatic rings. The average Bonchev–Trinajstić information content (AvgIpc) is 3.05. The van der Waals surface area contributed by atoms with E-state index in [1.165, 1.54) is 24.3 Å². The second-order valence-electron chi connectivity index (χ2n) is 5.68. The number of rotatable bonds is 3. The van der Waals surface area contributed by atoms with E-state index in [9.17, 15) is 14.3 Å². The zero-order valence-electron chi connectivity index (χ0n) is 13.4. The first-order valence-corrected chi connectivity index (χ1v) is 7.86. The van der Waals surface area contributed by atoms with Crippen LogP contribution in [0.3, 0.4) is 0 Å². The Labute approximate surface area is 147 Å². The van der Waals surface area contributed by atoms with Crippen LogP contribution in [0.4, 0.5) is 10.1 Å². The Morgan fingerprint density at radius 1 is 1.04 bits per heavy atom. The number of oxazole rings is 1. The van der Waals surface area contributed by atoms with Crippen molar-refractivity contribution in [3.05, 3.63) is 78.1 Å². The number of hydrogen-bond acceptors (Lipinski definition) is 4. The lowest BCUT2D eigenvalue weighted by molar-refractivity contribution is 0.102. The van der Waals surface area contributed by atoms with Gasteiger partial charge in [-0.25, -0.2) is 9.37 Å².